The molecule has 0 spiro atoms. The van der Waals surface area contributed by atoms with E-state index in [1.165, 1.54) is 18.2 Å². The summed E-state index contributed by atoms with van der Waals surface area (Å²) in [5.41, 5.74) is 0.797. The fraction of sp³-hybridized carbons (Fsp3) is 0.350. The van der Waals surface area contributed by atoms with Crippen LogP contribution in [0.4, 0.5) is 5.69 Å². The Morgan fingerprint density at radius 3 is 2.66 bits per heavy atom. The minimum absolute atomic E-state index is 0.00289. The van der Waals surface area contributed by atoms with E-state index in [-0.39, 0.29) is 21.9 Å². The van der Waals surface area contributed by atoms with Gasteiger partial charge >= 0.3 is 0 Å². The van der Waals surface area contributed by atoms with E-state index in [1.54, 1.807) is 18.2 Å². The van der Waals surface area contributed by atoms with Gasteiger partial charge < -0.3 is 15.2 Å². The predicted octanol–water partition coefficient (Wildman–Crippen LogP) is 2.56. The lowest BCUT2D eigenvalue weighted by Crippen LogP contribution is -2.20. The number of likely N-dealkylation sites (tertiary alicyclic amines) is 1. The molecular weight excluding hydrogens is 392 g/mol. The molecule has 154 valence electrons. The zero-order valence-corrected chi connectivity index (χ0v) is 17.4. The van der Waals surface area contributed by atoms with Crippen molar-refractivity contribution in [1.29, 1.82) is 0 Å². The molecule has 9 heteroatoms. The molecule has 0 radical (unpaired) electrons. The van der Waals surface area contributed by atoms with Crippen molar-refractivity contribution in [3.05, 3.63) is 58.0 Å². The van der Waals surface area contributed by atoms with E-state index < -0.39 is 15.9 Å². The van der Waals surface area contributed by atoms with Crippen LogP contribution < -0.4 is 10.9 Å². The Labute approximate surface area is 169 Å². The summed E-state index contributed by atoms with van der Waals surface area (Å²) < 4.78 is 29.2. The van der Waals surface area contributed by atoms with Crippen LogP contribution in [-0.2, 0) is 10.0 Å². The molecule has 8 nitrogen and oxygen atoms in total. The molecule has 0 unspecified atom stereocenters. The molecule has 2 N–H and O–H groups in total. The molecule has 1 aliphatic heterocycles. The average molecular weight is 417 g/mol. The van der Waals surface area contributed by atoms with E-state index in [4.69, 9.17) is 0 Å². The third-order valence-electron chi connectivity index (χ3n) is 4.70. The molecule has 0 bridgehead atoms. The van der Waals surface area contributed by atoms with E-state index in [0.29, 0.717) is 23.6 Å². The van der Waals surface area contributed by atoms with Crippen LogP contribution in [0, 0.1) is 0 Å². The highest BCUT2D eigenvalue weighted by molar-refractivity contribution is 7.90. The van der Waals surface area contributed by atoms with Crippen LogP contribution in [0.25, 0.3) is 0 Å². The predicted molar refractivity (Wildman–Crippen MR) is 112 cm³/mol. The largest absolute Gasteiger partial charge is 0.362 e. The molecule has 0 aliphatic carbocycles. The zero-order valence-electron chi connectivity index (χ0n) is 16.6. The van der Waals surface area contributed by atoms with Crippen LogP contribution >= 0.6 is 0 Å². The normalized spacial score (nSPS) is 15.9. The fourth-order valence-electron chi connectivity index (χ4n) is 3.05. The second-order valence-electron chi connectivity index (χ2n) is 7.33. The van der Waals surface area contributed by atoms with Crippen LogP contribution in [0.1, 0.15) is 48.7 Å². The maximum Gasteiger partial charge on any atom is 0.284 e. The number of nitrogens with zero attached hydrogens (tertiary/aromatic N) is 2. The van der Waals surface area contributed by atoms with E-state index in [2.05, 4.69) is 14.7 Å². The lowest BCUT2D eigenvalue weighted by Gasteiger charge is -2.11. The second kappa shape index (κ2) is 8.20. The van der Waals surface area contributed by atoms with Crippen molar-refractivity contribution in [3.8, 4) is 0 Å². The number of aromatic amines is 1. The van der Waals surface area contributed by atoms with Gasteiger partial charge in [-0.2, -0.15) is 8.42 Å². The van der Waals surface area contributed by atoms with Crippen LogP contribution in [-0.4, -0.2) is 43.6 Å². The van der Waals surface area contributed by atoms with Gasteiger partial charge in [-0.3, -0.25) is 9.59 Å². The molecule has 1 saturated heterocycles. The Kier molecular flexibility index (Phi) is 5.88. The van der Waals surface area contributed by atoms with E-state index in [9.17, 15) is 18.0 Å². The van der Waals surface area contributed by atoms with Crippen LogP contribution in [0.3, 0.4) is 0 Å². The van der Waals surface area contributed by atoms with Crippen LogP contribution in [0.2, 0.25) is 0 Å². The topological polar surface area (TPSA) is 112 Å². The number of pyridine rings is 1. The first-order valence-electron chi connectivity index (χ1n) is 9.36. The summed E-state index contributed by atoms with van der Waals surface area (Å²) in [6, 6.07) is 8.76. The van der Waals surface area contributed by atoms with Crippen molar-refractivity contribution >= 4 is 27.5 Å². The number of H-pyrrole nitrogens is 1. The number of hydrogen-bond donors (Lipinski definition) is 2. The first kappa shape index (κ1) is 20.8. The lowest BCUT2D eigenvalue weighted by atomic mass is 10.1. The summed E-state index contributed by atoms with van der Waals surface area (Å²) in [6.07, 6.45) is 1.49. The summed E-state index contributed by atoms with van der Waals surface area (Å²) in [5, 5.41) is 2.65. The van der Waals surface area contributed by atoms with E-state index in [1.807, 2.05) is 25.8 Å². The highest BCUT2D eigenvalue weighted by atomic mass is 32.2. The Hall–Kier alpha value is -2.94. The Morgan fingerprint density at radius 2 is 2.00 bits per heavy atom. The van der Waals surface area contributed by atoms with Crippen molar-refractivity contribution in [2.75, 3.05) is 18.9 Å². The van der Waals surface area contributed by atoms with Crippen molar-refractivity contribution in [1.82, 2.24) is 9.88 Å². The number of rotatable bonds is 5. The van der Waals surface area contributed by atoms with Crippen molar-refractivity contribution < 1.29 is 13.2 Å². The molecule has 1 aromatic heterocycles. The Balaban J connectivity index is 1.85. The number of hydrogen-bond acceptors (Lipinski definition) is 4. The van der Waals surface area contributed by atoms with Gasteiger partial charge in [0.2, 0.25) is 5.56 Å². The number of anilines is 1. The number of carbonyl (C=O) groups excluding carboxylic acids is 1. The van der Waals surface area contributed by atoms with Gasteiger partial charge in [-0.05, 0) is 36.6 Å². The van der Waals surface area contributed by atoms with Gasteiger partial charge in [0.25, 0.3) is 15.9 Å². The van der Waals surface area contributed by atoms with Gasteiger partial charge in [-0.25, -0.2) is 0 Å². The maximum atomic E-state index is 12.6. The molecule has 2 aromatic rings. The molecule has 3 rings (SSSR count). The van der Waals surface area contributed by atoms with Gasteiger partial charge in [0.15, 0.2) is 0 Å². The van der Waals surface area contributed by atoms with Crippen molar-refractivity contribution in [2.45, 2.75) is 37.5 Å². The van der Waals surface area contributed by atoms with E-state index >= 15 is 0 Å². The summed E-state index contributed by atoms with van der Waals surface area (Å²) >= 11 is 0. The highest BCUT2D eigenvalue weighted by Gasteiger charge is 2.21. The Morgan fingerprint density at radius 1 is 1.24 bits per heavy atom. The lowest BCUT2D eigenvalue weighted by molar-refractivity contribution is 0.102. The number of benzene rings is 1. The minimum Gasteiger partial charge on any atom is -0.362 e. The summed E-state index contributed by atoms with van der Waals surface area (Å²) in [4.78, 5) is 28.9. The van der Waals surface area contributed by atoms with Crippen molar-refractivity contribution in [3.63, 3.8) is 0 Å². The number of nitrogens with one attached hydrogen (secondary N) is 2. The monoisotopic (exact) mass is 416 g/mol. The van der Waals surface area contributed by atoms with E-state index in [0.717, 1.165) is 13.0 Å². The number of aromatic nitrogens is 1. The number of carbonyl (C=O) groups is 1. The average Bonchev–Trinajstić information content (AvgIpc) is 3.05. The molecule has 1 aromatic carbocycles. The number of amides is 1. The first-order chi connectivity index (χ1) is 13.7. The SMILES string of the molecule is CC(C)c1cc(C(=O)Nc2cccc(S(=O)(=O)N=C3CCCN3C)c2)cc(=O)[nH]1. The number of amidine groups is 1. The molecule has 2 heterocycles. The minimum atomic E-state index is -3.88. The molecule has 1 fully saturated rings. The smallest absolute Gasteiger partial charge is 0.284 e. The van der Waals surface area contributed by atoms with Gasteiger partial charge in [0.05, 0.1) is 4.90 Å². The Bertz CT molecular complexity index is 1120. The van der Waals surface area contributed by atoms with Crippen LogP contribution in [0.15, 0.2) is 50.5 Å². The molecule has 0 atom stereocenters. The zero-order chi connectivity index (χ0) is 21.2. The van der Waals surface area contributed by atoms with Crippen LogP contribution in [0.5, 0.6) is 0 Å². The van der Waals surface area contributed by atoms with Gasteiger partial charge in [-0.15, -0.1) is 4.40 Å². The molecule has 29 heavy (non-hydrogen) atoms. The highest BCUT2D eigenvalue weighted by Crippen LogP contribution is 2.21. The third kappa shape index (κ3) is 4.92. The summed E-state index contributed by atoms with van der Waals surface area (Å²) in [5.74, 6) is 0.0929. The van der Waals surface area contributed by atoms with Gasteiger partial charge in [-0.1, -0.05) is 19.9 Å². The quantitative estimate of drug-likeness (QED) is 0.778. The standard InChI is InChI=1S/C20H24N4O4S/c1-13(2)17-10-14(11-19(25)22-17)20(26)21-15-6-4-7-16(12-15)29(27,28)23-18-8-5-9-24(18)3/h4,6-7,10-13H,5,8-9H2,1-3H3,(H,21,26)(H,22,25). The first-order valence-corrected chi connectivity index (χ1v) is 10.8. The van der Waals surface area contributed by atoms with Crippen molar-refractivity contribution in [2.24, 2.45) is 4.40 Å². The summed E-state index contributed by atoms with van der Waals surface area (Å²) in [7, 11) is -2.07. The number of sulfonamides is 1. The fourth-order valence-corrected chi connectivity index (χ4v) is 4.19. The second-order valence-corrected chi connectivity index (χ2v) is 8.94. The summed E-state index contributed by atoms with van der Waals surface area (Å²) in [6.45, 7) is 4.59. The maximum absolute atomic E-state index is 12.6. The molecule has 1 aliphatic rings. The van der Waals surface area contributed by atoms with Gasteiger partial charge in [0, 0.05) is 43.0 Å². The molecule has 0 saturated carbocycles. The molecular formula is C20H24N4O4S. The third-order valence-corrected chi connectivity index (χ3v) is 6.00. The van der Waals surface area contributed by atoms with Gasteiger partial charge in [0.1, 0.15) is 5.84 Å². The molecule has 1 amide bonds.